The second-order valence-electron chi connectivity index (χ2n) is 9.62. The number of nitrogens with zero attached hydrogens (tertiary/aromatic N) is 2. The van der Waals surface area contributed by atoms with Gasteiger partial charge < -0.3 is 10.6 Å². The Balaban J connectivity index is 1.43. The predicted octanol–water partition coefficient (Wildman–Crippen LogP) is 3.91. The molecule has 2 N–H and O–H groups in total. The molecule has 7 heteroatoms. The van der Waals surface area contributed by atoms with E-state index >= 15 is 0 Å². The van der Waals surface area contributed by atoms with Gasteiger partial charge in [-0.15, -0.1) is 0 Å². The van der Waals surface area contributed by atoms with Crippen LogP contribution in [0.3, 0.4) is 0 Å². The van der Waals surface area contributed by atoms with E-state index in [1.807, 2.05) is 6.07 Å². The molecule has 3 aliphatic rings. The Morgan fingerprint density at radius 3 is 2.65 bits per heavy atom. The number of carbonyl (C=O) groups is 3. The number of anilines is 1. The van der Waals surface area contributed by atoms with Gasteiger partial charge in [-0.2, -0.15) is 0 Å². The number of hydrogen-bond donors (Lipinski definition) is 2. The van der Waals surface area contributed by atoms with Crippen molar-refractivity contribution >= 4 is 29.5 Å². The van der Waals surface area contributed by atoms with Crippen LogP contribution in [0, 0.1) is 0 Å². The molecule has 5 rings (SSSR count). The van der Waals surface area contributed by atoms with Gasteiger partial charge in [-0.3, -0.25) is 19.4 Å². The second kappa shape index (κ2) is 9.49. The summed E-state index contributed by atoms with van der Waals surface area (Å²) in [6.45, 7) is 0.656. The molecule has 1 spiro atoms. The van der Waals surface area contributed by atoms with Gasteiger partial charge in [0.15, 0.2) is 5.78 Å². The smallest absolute Gasteiger partial charge is 0.237 e. The maximum atomic E-state index is 13.1. The first-order valence-corrected chi connectivity index (χ1v) is 12.3. The summed E-state index contributed by atoms with van der Waals surface area (Å²) in [5, 5.41) is 5.87. The summed E-state index contributed by atoms with van der Waals surface area (Å²) in [5.74, 6) is 0.370. The van der Waals surface area contributed by atoms with Gasteiger partial charge in [0.05, 0.1) is 5.41 Å². The molecule has 2 aliphatic heterocycles. The Kier molecular flexibility index (Phi) is 6.26. The third-order valence-corrected chi connectivity index (χ3v) is 7.19. The predicted molar refractivity (Wildman–Crippen MR) is 129 cm³/mol. The lowest BCUT2D eigenvalue weighted by Gasteiger charge is -2.20. The zero-order valence-electron chi connectivity index (χ0n) is 19.4. The summed E-state index contributed by atoms with van der Waals surface area (Å²) in [5.41, 5.74) is 3.42. The maximum Gasteiger partial charge on any atom is 0.237 e. The van der Waals surface area contributed by atoms with Gasteiger partial charge in [-0.05, 0) is 48.9 Å². The molecule has 2 aromatic rings. The molecular formula is C27H30N4O3. The Morgan fingerprint density at radius 1 is 0.882 bits per heavy atom. The number of rotatable bonds is 0. The first-order valence-electron chi connectivity index (χ1n) is 12.3. The van der Waals surface area contributed by atoms with Crippen LogP contribution in [0.2, 0.25) is 0 Å². The number of aromatic nitrogens is 2. The van der Waals surface area contributed by atoms with Crippen LogP contribution in [-0.4, -0.2) is 34.1 Å². The number of Topliss-reactive ketones (excluding diaryl/α,β-unsaturated/α-hetero) is 1. The monoisotopic (exact) mass is 458 g/mol. The largest absolute Gasteiger partial charge is 0.356 e. The lowest BCUT2D eigenvalue weighted by Crippen LogP contribution is -2.35. The first-order chi connectivity index (χ1) is 16.5. The maximum absolute atomic E-state index is 13.1. The Labute approximate surface area is 199 Å². The van der Waals surface area contributed by atoms with E-state index in [2.05, 4.69) is 38.8 Å². The molecule has 5 bridgehead atoms. The molecule has 0 fully saturated rings. The quantitative estimate of drug-likeness (QED) is 0.623. The minimum absolute atomic E-state index is 0.0619. The van der Waals surface area contributed by atoms with E-state index in [-0.39, 0.29) is 30.4 Å². The number of pyridine rings is 2. The molecule has 7 nitrogen and oxygen atoms in total. The fraction of sp³-hybridized carbons (Fsp3) is 0.444. The lowest BCUT2D eigenvalue weighted by molar-refractivity contribution is -0.121. The number of hydrogen-bond acceptors (Lipinski definition) is 5. The summed E-state index contributed by atoms with van der Waals surface area (Å²) in [7, 11) is 0. The second-order valence-corrected chi connectivity index (χ2v) is 9.62. The van der Waals surface area contributed by atoms with Crippen molar-refractivity contribution in [3.05, 3.63) is 58.6 Å². The highest BCUT2D eigenvalue weighted by Crippen LogP contribution is 2.46. The van der Waals surface area contributed by atoms with Crippen LogP contribution in [0.15, 0.2) is 30.6 Å². The van der Waals surface area contributed by atoms with Gasteiger partial charge in [-0.25, -0.2) is 4.98 Å². The molecule has 2 aromatic heterocycles. The standard InChI is InChI=1S/C27H30N4O3/c32-23-9-10-24(33)28-11-7-5-3-1-2-4-6-8-18-12-21-25(30-16-18)31-26(34)27(21)14-19-13-20(23)17-29-22(19)15-27/h6,8,12-13,16-17H,1-5,7,9-11,14-15H2,(H,28,33)(H,30,31,34). The molecular weight excluding hydrogens is 428 g/mol. The van der Waals surface area contributed by atoms with Crippen LogP contribution in [-0.2, 0) is 27.8 Å². The average molecular weight is 459 g/mol. The van der Waals surface area contributed by atoms with Crippen molar-refractivity contribution in [1.82, 2.24) is 15.3 Å². The summed E-state index contributed by atoms with van der Waals surface area (Å²) in [6.07, 6.45) is 15.4. The Hall–Kier alpha value is -3.35. The van der Waals surface area contributed by atoms with Crippen molar-refractivity contribution in [1.29, 1.82) is 0 Å². The van der Waals surface area contributed by atoms with Crippen LogP contribution in [0.4, 0.5) is 5.82 Å². The first kappa shape index (κ1) is 22.4. The zero-order valence-corrected chi connectivity index (χ0v) is 19.4. The number of nitrogens with one attached hydrogen (secondary N) is 2. The van der Waals surface area contributed by atoms with Crippen LogP contribution in [0.5, 0.6) is 0 Å². The van der Waals surface area contributed by atoms with Gasteiger partial charge >= 0.3 is 0 Å². The van der Waals surface area contributed by atoms with E-state index in [0.717, 1.165) is 60.9 Å². The van der Waals surface area contributed by atoms with Gasteiger partial charge in [0, 0.05) is 55.0 Å². The zero-order chi connectivity index (χ0) is 23.5. The van der Waals surface area contributed by atoms with Crippen LogP contribution >= 0.6 is 0 Å². The minimum atomic E-state index is -0.736. The molecule has 34 heavy (non-hydrogen) atoms. The van der Waals surface area contributed by atoms with Crippen molar-refractivity contribution < 1.29 is 14.4 Å². The highest BCUT2D eigenvalue weighted by atomic mass is 16.2. The molecule has 0 saturated heterocycles. The normalized spacial score (nSPS) is 23.2. The molecule has 1 unspecified atom stereocenters. The number of allylic oxidation sites excluding steroid dienone is 1. The third kappa shape index (κ3) is 4.39. The molecule has 4 heterocycles. The van der Waals surface area contributed by atoms with Crippen molar-refractivity contribution in [2.24, 2.45) is 0 Å². The van der Waals surface area contributed by atoms with Gasteiger partial charge in [0.2, 0.25) is 11.8 Å². The highest BCUT2D eigenvalue weighted by Gasteiger charge is 2.51. The Morgan fingerprint density at radius 2 is 1.74 bits per heavy atom. The minimum Gasteiger partial charge on any atom is -0.356 e. The fourth-order valence-electron chi connectivity index (χ4n) is 5.24. The van der Waals surface area contributed by atoms with Gasteiger partial charge in [0.25, 0.3) is 0 Å². The SMILES string of the molecule is O=C1CCC(=O)c2cnc3c(c2)CC2(C3)C(=O)Nc3ncc(cc32)C=CCCCCCCCN1. The van der Waals surface area contributed by atoms with Crippen LogP contribution in [0.25, 0.3) is 6.08 Å². The number of fused-ring (bicyclic) bond motifs is 2. The van der Waals surface area contributed by atoms with Crippen molar-refractivity contribution in [3.8, 4) is 0 Å². The summed E-state index contributed by atoms with van der Waals surface area (Å²) >= 11 is 0. The van der Waals surface area contributed by atoms with Crippen LogP contribution in [0.1, 0.15) is 84.1 Å². The lowest BCUT2D eigenvalue weighted by atomic mass is 9.79. The molecule has 1 atom stereocenters. The van der Waals surface area contributed by atoms with E-state index in [0.29, 0.717) is 30.8 Å². The van der Waals surface area contributed by atoms with Crippen molar-refractivity contribution in [2.75, 3.05) is 11.9 Å². The van der Waals surface area contributed by atoms with Gasteiger partial charge in [-0.1, -0.05) is 31.4 Å². The van der Waals surface area contributed by atoms with Crippen molar-refractivity contribution in [3.63, 3.8) is 0 Å². The molecule has 0 radical (unpaired) electrons. The average Bonchev–Trinajstić information content (AvgIpc) is 3.35. The fourth-order valence-corrected chi connectivity index (χ4v) is 5.24. The molecule has 1 aliphatic carbocycles. The van der Waals surface area contributed by atoms with E-state index < -0.39 is 5.41 Å². The highest BCUT2D eigenvalue weighted by molar-refractivity contribution is 6.06. The summed E-state index contributed by atoms with van der Waals surface area (Å²) in [4.78, 5) is 47.1. The topological polar surface area (TPSA) is 101 Å². The van der Waals surface area contributed by atoms with Crippen molar-refractivity contribution in [2.45, 2.75) is 69.6 Å². The summed E-state index contributed by atoms with van der Waals surface area (Å²) in [6, 6.07) is 3.92. The number of carbonyl (C=O) groups excluding carboxylic acids is 3. The number of amides is 2. The van der Waals surface area contributed by atoms with E-state index in [9.17, 15) is 14.4 Å². The molecule has 0 aromatic carbocycles. The molecule has 2 amide bonds. The molecule has 0 saturated carbocycles. The molecule has 176 valence electrons. The van der Waals surface area contributed by atoms with E-state index in [4.69, 9.17) is 0 Å². The third-order valence-electron chi connectivity index (χ3n) is 7.19. The van der Waals surface area contributed by atoms with Crippen LogP contribution < -0.4 is 10.6 Å². The number of ketones is 1. The van der Waals surface area contributed by atoms with Gasteiger partial charge in [0.1, 0.15) is 5.82 Å². The van der Waals surface area contributed by atoms with E-state index in [1.54, 1.807) is 12.4 Å². The Bertz CT molecular complexity index is 1170. The van der Waals surface area contributed by atoms with E-state index in [1.165, 1.54) is 0 Å². The summed E-state index contributed by atoms with van der Waals surface area (Å²) < 4.78 is 0.